The van der Waals surface area contributed by atoms with Crippen molar-refractivity contribution in [2.45, 2.75) is 13.0 Å². The lowest BCUT2D eigenvalue weighted by Crippen LogP contribution is -1.92. The summed E-state index contributed by atoms with van der Waals surface area (Å²) in [5, 5.41) is 12.1. The first-order chi connectivity index (χ1) is 7.18. The van der Waals surface area contributed by atoms with E-state index in [9.17, 15) is 5.11 Å². The van der Waals surface area contributed by atoms with Gasteiger partial charge in [-0.25, -0.2) is 4.98 Å². The van der Waals surface area contributed by atoms with Gasteiger partial charge in [-0.3, -0.25) is 0 Å². The molecule has 0 bridgehead atoms. The maximum atomic E-state index is 9.37. The van der Waals surface area contributed by atoms with Crippen molar-refractivity contribution in [1.82, 2.24) is 4.98 Å². The van der Waals surface area contributed by atoms with Crippen molar-refractivity contribution in [2.75, 3.05) is 5.73 Å². The first-order valence-electron chi connectivity index (χ1n) is 4.67. The van der Waals surface area contributed by atoms with E-state index < -0.39 is 6.10 Å². The van der Waals surface area contributed by atoms with Gasteiger partial charge in [0.2, 0.25) is 0 Å². The van der Waals surface area contributed by atoms with Gasteiger partial charge in [0.05, 0.1) is 11.8 Å². The SMILES string of the molecule is CC(O)c1csc(-c2ccccc2N)n1. The first kappa shape index (κ1) is 10.1. The zero-order valence-corrected chi connectivity index (χ0v) is 9.16. The van der Waals surface area contributed by atoms with Crippen LogP contribution >= 0.6 is 11.3 Å². The molecule has 0 radical (unpaired) electrons. The molecule has 1 aromatic carbocycles. The normalized spacial score (nSPS) is 12.7. The molecule has 0 aliphatic heterocycles. The molecule has 4 heteroatoms. The fourth-order valence-electron chi connectivity index (χ4n) is 1.29. The minimum atomic E-state index is -0.528. The van der Waals surface area contributed by atoms with E-state index >= 15 is 0 Å². The smallest absolute Gasteiger partial charge is 0.125 e. The van der Waals surface area contributed by atoms with Crippen molar-refractivity contribution in [2.24, 2.45) is 0 Å². The molecule has 0 fully saturated rings. The van der Waals surface area contributed by atoms with Gasteiger partial charge in [-0.05, 0) is 19.1 Å². The van der Waals surface area contributed by atoms with Crippen molar-refractivity contribution in [1.29, 1.82) is 0 Å². The van der Waals surface area contributed by atoms with Crippen molar-refractivity contribution in [3.8, 4) is 10.6 Å². The number of aliphatic hydroxyl groups excluding tert-OH is 1. The van der Waals surface area contributed by atoms with Crippen LogP contribution < -0.4 is 5.73 Å². The number of rotatable bonds is 2. The number of nitrogens with two attached hydrogens (primary N) is 1. The molecule has 1 heterocycles. The summed E-state index contributed by atoms with van der Waals surface area (Å²) in [6.07, 6.45) is -0.528. The molecule has 0 amide bonds. The molecule has 2 aromatic rings. The van der Waals surface area contributed by atoms with E-state index in [1.807, 2.05) is 29.6 Å². The van der Waals surface area contributed by atoms with E-state index in [0.29, 0.717) is 11.4 Å². The number of nitrogen functional groups attached to an aromatic ring is 1. The number of aliphatic hydroxyl groups is 1. The first-order valence-corrected chi connectivity index (χ1v) is 5.55. The molecule has 2 rings (SSSR count). The average Bonchev–Trinajstić information content (AvgIpc) is 2.67. The molecule has 78 valence electrons. The lowest BCUT2D eigenvalue weighted by molar-refractivity contribution is 0.195. The Labute approximate surface area is 92.2 Å². The Morgan fingerprint density at radius 3 is 2.73 bits per heavy atom. The van der Waals surface area contributed by atoms with E-state index in [0.717, 1.165) is 10.6 Å². The molecule has 1 aromatic heterocycles. The fourth-order valence-corrected chi connectivity index (χ4v) is 2.25. The van der Waals surface area contributed by atoms with Crippen LogP contribution in [0.5, 0.6) is 0 Å². The van der Waals surface area contributed by atoms with E-state index in [-0.39, 0.29) is 0 Å². The number of para-hydroxylation sites is 1. The molecule has 0 aliphatic rings. The van der Waals surface area contributed by atoms with Crippen LogP contribution in [0.1, 0.15) is 18.7 Å². The highest BCUT2D eigenvalue weighted by atomic mass is 32.1. The Bertz CT molecular complexity index is 465. The van der Waals surface area contributed by atoms with E-state index in [2.05, 4.69) is 4.98 Å². The summed E-state index contributed by atoms with van der Waals surface area (Å²) in [6, 6.07) is 7.59. The van der Waals surface area contributed by atoms with E-state index in [4.69, 9.17) is 5.73 Å². The summed E-state index contributed by atoms with van der Waals surface area (Å²) in [5.41, 5.74) is 8.17. The Morgan fingerprint density at radius 1 is 1.40 bits per heavy atom. The Hall–Kier alpha value is -1.39. The lowest BCUT2D eigenvalue weighted by atomic mass is 10.2. The quantitative estimate of drug-likeness (QED) is 0.764. The molecule has 3 N–H and O–H groups in total. The van der Waals surface area contributed by atoms with E-state index in [1.54, 1.807) is 6.92 Å². The summed E-state index contributed by atoms with van der Waals surface area (Å²) in [6.45, 7) is 1.70. The zero-order chi connectivity index (χ0) is 10.8. The number of nitrogens with zero attached hydrogens (tertiary/aromatic N) is 1. The maximum absolute atomic E-state index is 9.37. The number of hydrogen-bond acceptors (Lipinski definition) is 4. The average molecular weight is 220 g/mol. The molecule has 1 atom stereocenters. The number of hydrogen-bond donors (Lipinski definition) is 2. The van der Waals surface area contributed by atoms with Gasteiger partial charge in [-0.1, -0.05) is 12.1 Å². The van der Waals surface area contributed by atoms with Crippen LogP contribution in [-0.4, -0.2) is 10.1 Å². The molecule has 0 saturated heterocycles. The number of benzene rings is 1. The van der Waals surface area contributed by atoms with Crippen LogP contribution in [-0.2, 0) is 0 Å². The van der Waals surface area contributed by atoms with Gasteiger partial charge in [-0.2, -0.15) is 0 Å². The third-order valence-corrected chi connectivity index (χ3v) is 3.03. The standard InChI is InChI=1S/C11H12N2OS/c1-7(14)10-6-15-11(13-10)8-4-2-3-5-9(8)12/h2-7,14H,12H2,1H3. The summed E-state index contributed by atoms with van der Waals surface area (Å²) < 4.78 is 0. The van der Waals surface area contributed by atoms with Crippen molar-refractivity contribution < 1.29 is 5.11 Å². The van der Waals surface area contributed by atoms with Gasteiger partial charge in [0.15, 0.2) is 0 Å². The minimum Gasteiger partial charge on any atom is -0.398 e. The molecule has 15 heavy (non-hydrogen) atoms. The Morgan fingerprint density at radius 2 is 2.13 bits per heavy atom. The van der Waals surface area contributed by atoms with Gasteiger partial charge < -0.3 is 10.8 Å². The lowest BCUT2D eigenvalue weighted by Gasteiger charge is -2.01. The van der Waals surface area contributed by atoms with E-state index in [1.165, 1.54) is 11.3 Å². The summed E-state index contributed by atoms with van der Waals surface area (Å²) in [7, 11) is 0. The monoisotopic (exact) mass is 220 g/mol. The van der Waals surface area contributed by atoms with Crippen LogP contribution in [0.4, 0.5) is 5.69 Å². The predicted molar refractivity (Wildman–Crippen MR) is 62.6 cm³/mol. The van der Waals surface area contributed by atoms with Crippen LogP contribution in [0, 0.1) is 0 Å². The van der Waals surface area contributed by atoms with Crippen LogP contribution in [0.25, 0.3) is 10.6 Å². The predicted octanol–water partition coefficient (Wildman–Crippen LogP) is 2.45. The van der Waals surface area contributed by atoms with Crippen molar-refractivity contribution in [3.63, 3.8) is 0 Å². The van der Waals surface area contributed by atoms with Gasteiger partial charge >= 0.3 is 0 Å². The third kappa shape index (κ3) is 2.00. The van der Waals surface area contributed by atoms with Gasteiger partial charge in [0, 0.05) is 16.6 Å². The van der Waals surface area contributed by atoms with Crippen LogP contribution in [0.3, 0.4) is 0 Å². The molecule has 0 saturated carbocycles. The van der Waals surface area contributed by atoms with Crippen molar-refractivity contribution >= 4 is 17.0 Å². The highest BCUT2D eigenvalue weighted by molar-refractivity contribution is 7.13. The summed E-state index contributed by atoms with van der Waals surface area (Å²) in [4.78, 5) is 4.33. The molecular weight excluding hydrogens is 208 g/mol. The number of thiazole rings is 1. The molecule has 3 nitrogen and oxygen atoms in total. The van der Waals surface area contributed by atoms with Crippen molar-refractivity contribution in [3.05, 3.63) is 35.3 Å². The maximum Gasteiger partial charge on any atom is 0.125 e. The van der Waals surface area contributed by atoms with Crippen LogP contribution in [0.15, 0.2) is 29.6 Å². The highest BCUT2D eigenvalue weighted by Crippen LogP contribution is 2.29. The third-order valence-electron chi connectivity index (χ3n) is 2.14. The molecule has 1 unspecified atom stereocenters. The topological polar surface area (TPSA) is 59.1 Å². The largest absolute Gasteiger partial charge is 0.398 e. The number of anilines is 1. The summed E-state index contributed by atoms with van der Waals surface area (Å²) in [5.74, 6) is 0. The van der Waals surface area contributed by atoms with Gasteiger partial charge in [-0.15, -0.1) is 11.3 Å². The second-order valence-corrected chi connectivity index (χ2v) is 4.20. The van der Waals surface area contributed by atoms with Gasteiger partial charge in [0.25, 0.3) is 0 Å². The number of aromatic nitrogens is 1. The summed E-state index contributed by atoms with van der Waals surface area (Å²) >= 11 is 1.49. The van der Waals surface area contributed by atoms with Gasteiger partial charge in [0.1, 0.15) is 5.01 Å². The minimum absolute atomic E-state index is 0.528. The highest BCUT2D eigenvalue weighted by Gasteiger charge is 2.09. The molecular formula is C11H12N2OS. The molecule has 0 spiro atoms. The second-order valence-electron chi connectivity index (χ2n) is 3.34. The zero-order valence-electron chi connectivity index (χ0n) is 8.34. The fraction of sp³-hybridized carbons (Fsp3) is 0.182. The Balaban J connectivity index is 2.42. The second kappa shape index (κ2) is 4.00. The van der Waals surface area contributed by atoms with Crippen LogP contribution in [0.2, 0.25) is 0 Å². The molecule has 0 aliphatic carbocycles. The Kier molecular flexibility index (Phi) is 2.70.